The van der Waals surface area contributed by atoms with E-state index in [1.807, 2.05) is 0 Å². The summed E-state index contributed by atoms with van der Waals surface area (Å²) in [7, 11) is 0. The van der Waals surface area contributed by atoms with Gasteiger partial charge in [0.2, 0.25) is 0 Å². The SMILES string of the molecule is Cc1csc(-c2ccc(C3CCC(C)(C)CC3)c(C)c2)n1.O. The van der Waals surface area contributed by atoms with E-state index in [0.717, 1.165) is 16.6 Å². The second-order valence-electron chi connectivity index (χ2n) is 7.30. The largest absolute Gasteiger partial charge is 0.412 e. The summed E-state index contributed by atoms with van der Waals surface area (Å²) >= 11 is 1.74. The van der Waals surface area contributed by atoms with Crippen molar-refractivity contribution in [1.82, 2.24) is 4.98 Å². The second kappa shape index (κ2) is 6.51. The molecule has 1 aliphatic rings. The summed E-state index contributed by atoms with van der Waals surface area (Å²) in [6.07, 6.45) is 5.38. The number of aryl methyl sites for hydroxylation is 2. The fraction of sp³-hybridized carbons (Fsp3) is 0.526. The lowest BCUT2D eigenvalue weighted by molar-refractivity contribution is 0.224. The summed E-state index contributed by atoms with van der Waals surface area (Å²) in [4.78, 5) is 4.60. The number of rotatable bonds is 2. The Morgan fingerprint density at radius 1 is 1.14 bits per heavy atom. The van der Waals surface area contributed by atoms with Crippen LogP contribution in [-0.4, -0.2) is 10.5 Å². The first-order chi connectivity index (χ1) is 9.94. The predicted molar refractivity (Wildman–Crippen MR) is 95.6 cm³/mol. The highest BCUT2D eigenvalue weighted by atomic mass is 32.1. The molecule has 2 aromatic rings. The monoisotopic (exact) mass is 317 g/mol. The fourth-order valence-corrected chi connectivity index (χ4v) is 4.26. The minimum Gasteiger partial charge on any atom is -0.412 e. The van der Waals surface area contributed by atoms with Crippen molar-refractivity contribution < 1.29 is 5.48 Å². The molecule has 1 saturated carbocycles. The van der Waals surface area contributed by atoms with Crippen LogP contribution in [0.5, 0.6) is 0 Å². The molecule has 3 heteroatoms. The topological polar surface area (TPSA) is 44.4 Å². The van der Waals surface area contributed by atoms with Gasteiger partial charge in [0.25, 0.3) is 0 Å². The molecule has 22 heavy (non-hydrogen) atoms. The number of thiazole rings is 1. The van der Waals surface area contributed by atoms with Gasteiger partial charge >= 0.3 is 0 Å². The minimum atomic E-state index is 0. The summed E-state index contributed by atoms with van der Waals surface area (Å²) < 4.78 is 0. The lowest BCUT2D eigenvalue weighted by atomic mass is 9.70. The van der Waals surface area contributed by atoms with Gasteiger partial charge in [-0.2, -0.15) is 0 Å². The molecule has 2 nitrogen and oxygen atoms in total. The summed E-state index contributed by atoms with van der Waals surface area (Å²) in [6.45, 7) is 9.14. The number of benzene rings is 1. The molecule has 0 bridgehead atoms. The summed E-state index contributed by atoms with van der Waals surface area (Å²) in [5.41, 5.74) is 5.92. The van der Waals surface area contributed by atoms with E-state index in [0.29, 0.717) is 5.41 Å². The highest BCUT2D eigenvalue weighted by Gasteiger charge is 2.28. The van der Waals surface area contributed by atoms with E-state index in [2.05, 4.69) is 56.3 Å². The Bertz CT molecular complexity index is 635. The summed E-state index contributed by atoms with van der Waals surface area (Å²) in [6, 6.07) is 6.94. The van der Waals surface area contributed by atoms with E-state index in [1.54, 1.807) is 16.9 Å². The van der Waals surface area contributed by atoms with Crippen molar-refractivity contribution >= 4 is 11.3 Å². The van der Waals surface area contributed by atoms with E-state index in [-0.39, 0.29) is 5.48 Å². The number of hydrogen-bond acceptors (Lipinski definition) is 2. The maximum Gasteiger partial charge on any atom is 0.123 e. The molecule has 1 fully saturated rings. The van der Waals surface area contributed by atoms with E-state index in [9.17, 15) is 0 Å². The van der Waals surface area contributed by atoms with Crippen LogP contribution in [0.3, 0.4) is 0 Å². The van der Waals surface area contributed by atoms with Crippen molar-refractivity contribution in [2.24, 2.45) is 5.41 Å². The molecular weight excluding hydrogens is 290 g/mol. The van der Waals surface area contributed by atoms with Crippen LogP contribution >= 0.6 is 11.3 Å². The zero-order valence-electron chi connectivity index (χ0n) is 14.1. The Morgan fingerprint density at radius 2 is 1.82 bits per heavy atom. The Hall–Kier alpha value is -1.19. The van der Waals surface area contributed by atoms with Crippen molar-refractivity contribution in [3.63, 3.8) is 0 Å². The molecule has 2 N–H and O–H groups in total. The average molecular weight is 317 g/mol. The average Bonchev–Trinajstić information content (AvgIpc) is 2.86. The zero-order chi connectivity index (χ0) is 15.0. The molecule has 1 aliphatic carbocycles. The van der Waals surface area contributed by atoms with Crippen LogP contribution in [0.1, 0.15) is 62.3 Å². The van der Waals surface area contributed by atoms with Crippen LogP contribution < -0.4 is 0 Å². The molecule has 1 aromatic carbocycles. The van der Waals surface area contributed by atoms with Gasteiger partial charge in [0, 0.05) is 16.6 Å². The number of hydrogen-bond donors (Lipinski definition) is 0. The van der Waals surface area contributed by atoms with Crippen LogP contribution in [0.15, 0.2) is 23.6 Å². The van der Waals surface area contributed by atoms with Gasteiger partial charge in [0.1, 0.15) is 5.01 Å². The van der Waals surface area contributed by atoms with Gasteiger partial charge in [-0.25, -0.2) is 4.98 Å². The van der Waals surface area contributed by atoms with Gasteiger partial charge in [-0.15, -0.1) is 11.3 Å². The van der Waals surface area contributed by atoms with E-state index in [1.165, 1.54) is 36.8 Å². The minimum absolute atomic E-state index is 0. The first kappa shape index (κ1) is 17.2. The standard InChI is InChI=1S/C19H25NS.H2O/c1-13-11-16(18-20-14(2)12-21-18)5-6-17(13)15-7-9-19(3,4)10-8-15;/h5-6,11-12,15H,7-10H2,1-4H3;1H2. The van der Waals surface area contributed by atoms with Crippen LogP contribution in [0.25, 0.3) is 10.6 Å². The molecule has 0 atom stereocenters. The third-order valence-corrected chi connectivity index (χ3v) is 5.92. The molecule has 1 aromatic heterocycles. The first-order valence-electron chi connectivity index (χ1n) is 7.98. The van der Waals surface area contributed by atoms with Crippen molar-refractivity contribution in [2.75, 3.05) is 0 Å². The molecular formula is C19H27NOS. The molecule has 0 radical (unpaired) electrons. The second-order valence-corrected chi connectivity index (χ2v) is 8.16. The molecule has 120 valence electrons. The molecule has 0 unspecified atom stereocenters. The fourth-order valence-electron chi connectivity index (χ4n) is 3.46. The Balaban J connectivity index is 0.00000176. The van der Waals surface area contributed by atoms with Crippen molar-refractivity contribution in [2.45, 2.75) is 59.3 Å². The van der Waals surface area contributed by atoms with Crippen LogP contribution in [0, 0.1) is 19.3 Å². The molecule has 0 spiro atoms. The first-order valence-corrected chi connectivity index (χ1v) is 8.86. The molecule has 0 saturated heterocycles. The van der Waals surface area contributed by atoms with Crippen LogP contribution in [0.4, 0.5) is 0 Å². The van der Waals surface area contributed by atoms with Crippen LogP contribution in [0.2, 0.25) is 0 Å². The summed E-state index contributed by atoms with van der Waals surface area (Å²) in [5, 5.41) is 3.27. The maximum absolute atomic E-state index is 4.60. The molecule has 0 amide bonds. The van der Waals surface area contributed by atoms with Crippen molar-refractivity contribution in [3.8, 4) is 10.6 Å². The number of aromatic nitrogens is 1. The van der Waals surface area contributed by atoms with E-state index in [4.69, 9.17) is 0 Å². The highest BCUT2D eigenvalue weighted by molar-refractivity contribution is 7.13. The van der Waals surface area contributed by atoms with Crippen LogP contribution in [-0.2, 0) is 0 Å². The maximum atomic E-state index is 4.60. The normalized spacial score (nSPS) is 18.0. The third-order valence-electron chi connectivity index (χ3n) is 4.91. The molecule has 1 heterocycles. The predicted octanol–water partition coefficient (Wildman–Crippen LogP) is 5.29. The number of nitrogens with zero attached hydrogens (tertiary/aromatic N) is 1. The van der Waals surface area contributed by atoms with Gasteiger partial charge in [-0.3, -0.25) is 0 Å². The van der Waals surface area contributed by atoms with E-state index < -0.39 is 0 Å². The highest BCUT2D eigenvalue weighted by Crippen LogP contribution is 2.43. The summed E-state index contributed by atoms with van der Waals surface area (Å²) in [5.74, 6) is 0.755. The van der Waals surface area contributed by atoms with Crippen molar-refractivity contribution in [3.05, 3.63) is 40.4 Å². The van der Waals surface area contributed by atoms with Gasteiger partial charge in [-0.05, 0) is 68.1 Å². The van der Waals surface area contributed by atoms with Gasteiger partial charge in [0.05, 0.1) is 0 Å². The van der Waals surface area contributed by atoms with E-state index >= 15 is 0 Å². The van der Waals surface area contributed by atoms with Gasteiger partial charge in [-0.1, -0.05) is 26.0 Å². The zero-order valence-corrected chi connectivity index (χ0v) is 14.9. The third kappa shape index (κ3) is 3.58. The molecule has 0 aliphatic heterocycles. The molecule has 3 rings (SSSR count). The Kier molecular flexibility index (Phi) is 5.08. The lowest BCUT2D eigenvalue weighted by Crippen LogP contribution is -2.20. The lowest BCUT2D eigenvalue weighted by Gasteiger charge is -2.35. The van der Waals surface area contributed by atoms with Crippen molar-refractivity contribution in [1.29, 1.82) is 0 Å². The Morgan fingerprint density at radius 3 is 2.36 bits per heavy atom. The quantitative estimate of drug-likeness (QED) is 0.742. The van der Waals surface area contributed by atoms with Gasteiger partial charge in [0.15, 0.2) is 0 Å². The van der Waals surface area contributed by atoms with Gasteiger partial charge < -0.3 is 5.48 Å². The Labute approximate surface area is 137 Å². The smallest absolute Gasteiger partial charge is 0.123 e.